The molecule has 3 nitrogen and oxygen atoms in total. The molecule has 3 aromatic carbocycles. The molecule has 0 atom stereocenters. The van der Waals surface area contributed by atoms with Gasteiger partial charge in [-0.15, -0.1) is 0 Å². The van der Waals surface area contributed by atoms with Crippen LogP contribution in [0.3, 0.4) is 0 Å². The summed E-state index contributed by atoms with van der Waals surface area (Å²) in [5.41, 5.74) is 3.03. The van der Waals surface area contributed by atoms with Gasteiger partial charge in [0.1, 0.15) is 11.6 Å². The lowest BCUT2D eigenvalue weighted by atomic mass is 10.1. The number of aliphatic imine (C=N–C) groups is 1. The predicted molar refractivity (Wildman–Crippen MR) is 139 cm³/mol. The standard InChI is InChI=1S/C27H24N2OS2/c1-19(31-23-10-6-4-7-11-23)25-18-26(21-14-16-22(30)17-15-21)29(3)27(25)28-20(2)32-24-12-8-5-9-13-24/h4-18,30H,1H2,2-3H3/b28-20+. The van der Waals surface area contributed by atoms with Gasteiger partial charge < -0.3 is 9.67 Å². The second-order valence-electron chi connectivity index (χ2n) is 7.26. The molecule has 4 rings (SSSR count). The van der Waals surface area contributed by atoms with Crippen molar-refractivity contribution in [3.05, 3.63) is 103 Å². The Morgan fingerprint density at radius 1 is 0.844 bits per heavy atom. The molecule has 1 aromatic heterocycles. The third-order valence-corrected chi connectivity index (χ3v) is 6.79. The van der Waals surface area contributed by atoms with Gasteiger partial charge in [0.2, 0.25) is 0 Å². The lowest BCUT2D eigenvalue weighted by Crippen LogP contribution is -1.93. The van der Waals surface area contributed by atoms with Crippen LogP contribution in [0.15, 0.2) is 112 Å². The van der Waals surface area contributed by atoms with Gasteiger partial charge >= 0.3 is 0 Å². The quantitative estimate of drug-likeness (QED) is 0.181. The van der Waals surface area contributed by atoms with Crippen molar-refractivity contribution in [2.24, 2.45) is 12.0 Å². The minimum absolute atomic E-state index is 0.251. The van der Waals surface area contributed by atoms with Crippen LogP contribution in [0, 0.1) is 0 Å². The van der Waals surface area contributed by atoms with Gasteiger partial charge in [0, 0.05) is 27.3 Å². The van der Waals surface area contributed by atoms with Crippen LogP contribution in [0.4, 0.5) is 5.82 Å². The van der Waals surface area contributed by atoms with Crippen LogP contribution in [-0.4, -0.2) is 14.7 Å². The smallest absolute Gasteiger partial charge is 0.142 e. The first-order valence-electron chi connectivity index (χ1n) is 10.2. The van der Waals surface area contributed by atoms with Crippen molar-refractivity contribution in [1.29, 1.82) is 0 Å². The number of aromatic hydroxyl groups is 1. The molecule has 1 heterocycles. The lowest BCUT2D eigenvalue weighted by molar-refractivity contribution is 0.475. The van der Waals surface area contributed by atoms with Crippen molar-refractivity contribution >= 4 is 39.3 Å². The molecule has 0 radical (unpaired) electrons. The monoisotopic (exact) mass is 456 g/mol. The average molecular weight is 457 g/mol. The minimum atomic E-state index is 0.251. The van der Waals surface area contributed by atoms with Crippen LogP contribution in [0.1, 0.15) is 12.5 Å². The Morgan fingerprint density at radius 2 is 1.41 bits per heavy atom. The normalized spacial score (nSPS) is 11.5. The molecular formula is C27H24N2OS2. The first-order chi connectivity index (χ1) is 15.5. The molecule has 0 aliphatic rings. The predicted octanol–water partition coefficient (Wildman–Crippen LogP) is 8.00. The number of aromatic nitrogens is 1. The summed E-state index contributed by atoms with van der Waals surface area (Å²) in [7, 11) is 2.02. The Bertz CT molecular complexity index is 1240. The Balaban J connectivity index is 1.74. The molecule has 0 saturated carbocycles. The van der Waals surface area contributed by atoms with Crippen molar-refractivity contribution in [3.8, 4) is 17.0 Å². The van der Waals surface area contributed by atoms with Crippen LogP contribution in [0.2, 0.25) is 0 Å². The Hall–Kier alpha value is -3.15. The van der Waals surface area contributed by atoms with E-state index >= 15 is 0 Å². The van der Waals surface area contributed by atoms with Gasteiger partial charge in [-0.25, -0.2) is 4.99 Å². The van der Waals surface area contributed by atoms with E-state index < -0.39 is 0 Å². The fourth-order valence-corrected chi connectivity index (χ4v) is 4.96. The second kappa shape index (κ2) is 9.98. The maximum atomic E-state index is 9.70. The minimum Gasteiger partial charge on any atom is -0.508 e. The van der Waals surface area contributed by atoms with E-state index in [1.165, 1.54) is 0 Å². The van der Waals surface area contributed by atoms with E-state index in [-0.39, 0.29) is 5.75 Å². The lowest BCUT2D eigenvalue weighted by Gasteiger charge is -2.09. The summed E-state index contributed by atoms with van der Waals surface area (Å²) in [6, 6.07) is 29.9. The van der Waals surface area contributed by atoms with E-state index in [4.69, 9.17) is 4.99 Å². The number of benzene rings is 3. The average Bonchev–Trinajstić information content (AvgIpc) is 3.12. The van der Waals surface area contributed by atoms with E-state index in [0.29, 0.717) is 0 Å². The topological polar surface area (TPSA) is 37.5 Å². The highest BCUT2D eigenvalue weighted by Gasteiger charge is 2.17. The summed E-state index contributed by atoms with van der Waals surface area (Å²) >= 11 is 3.28. The molecule has 0 fully saturated rings. The molecule has 0 aliphatic heterocycles. The summed E-state index contributed by atoms with van der Waals surface area (Å²) < 4.78 is 2.09. The molecule has 0 aliphatic carbocycles. The van der Waals surface area contributed by atoms with Crippen molar-refractivity contribution in [3.63, 3.8) is 0 Å². The van der Waals surface area contributed by atoms with E-state index in [2.05, 4.69) is 41.5 Å². The molecular weight excluding hydrogens is 432 g/mol. The van der Waals surface area contributed by atoms with Gasteiger partial charge in [-0.2, -0.15) is 0 Å². The fraction of sp³-hybridized carbons (Fsp3) is 0.0741. The first-order valence-corrected chi connectivity index (χ1v) is 11.8. The molecule has 0 spiro atoms. The van der Waals surface area contributed by atoms with E-state index in [1.54, 1.807) is 35.7 Å². The van der Waals surface area contributed by atoms with Gasteiger partial charge in [-0.05, 0) is 67.1 Å². The number of thioether (sulfide) groups is 2. The Labute approximate surface area is 197 Å². The van der Waals surface area contributed by atoms with Crippen molar-refractivity contribution < 1.29 is 5.11 Å². The second-order valence-corrected chi connectivity index (χ2v) is 9.69. The van der Waals surface area contributed by atoms with E-state index in [9.17, 15) is 5.11 Å². The number of phenols is 1. The van der Waals surface area contributed by atoms with Crippen molar-refractivity contribution in [2.75, 3.05) is 0 Å². The molecule has 0 bridgehead atoms. The SMILES string of the molecule is C=C(Sc1ccccc1)c1cc(-c2ccc(O)cc2)n(C)c1/N=C(\C)Sc1ccccc1. The van der Waals surface area contributed by atoms with E-state index in [0.717, 1.165) is 42.4 Å². The Kier molecular flexibility index (Phi) is 6.88. The molecule has 0 saturated heterocycles. The Morgan fingerprint density at radius 3 is 2.00 bits per heavy atom. The van der Waals surface area contributed by atoms with Crippen LogP contribution < -0.4 is 0 Å². The van der Waals surface area contributed by atoms with Gasteiger partial charge in [-0.3, -0.25) is 0 Å². The number of hydrogen-bond donors (Lipinski definition) is 1. The van der Waals surface area contributed by atoms with E-state index in [1.807, 2.05) is 62.5 Å². The molecule has 32 heavy (non-hydrogen) atoms. The van der Waals surface area contributed by atoms with Crippen LogP contribution >= 0.6 is 23.5 Å². The maximum absolute atomic E-state index is 9.70. The van der Waals surface area contributed by atoms with Crippen LogP contribution in [0.5, 0.6) is 5.75 Å². The largest absolute Gasteiger partial charge is 0.508 e. The van der Waals surface area contributed by atoms with Gasteiger partial charge in [0.25, 0.3) is 0 Å². The van der Waals surface area contributed by atoms with Gasteiger partial charge in [0.15, 0.2) is 0 Å². The zero-order chi connectivity index (χ0) is 22.5. The highest BCUT2D eigenvalue weighted by atomic mass is 32.2. The zero-order valence-electron chi connectivity index (χ0n) is 18.0. The maximum Gasteiger partial charge on any atom is 0.142 e. The van der Waals surface area contributed by atoms with Gasteiger partial charge in [-0.1, -0.05) is 66.5 Å². The van der Waals surface area contributed by atoms with Crippen molar-refractivity contribution in [1.82, 2.24) is 4.57 Å². The fourth-order valence-electron chi connectivity index (χ4n) is 3.36. The summed E-state index contributed by atoms with van der Waals surface area (Å²) in [6.45, 7) is 6.40. The third kappa shape index (κ3) is 5.18. The number of rotatable bonds is 6. The van der Waals surface area contributed by atoms with Gasteiger partial charge in [0.05, 0.1) is 10.7 Å². The number of hydrogen-bond acceptors (Lipinski definition) is 4. The summed E-state index contributed by atoms with van der Waals surface area (Å²) in [6.07, 6.45) is 0. The highest BCUT2D eigenvalue weighted by Crippen LogP contribution is 2.42. The molecule has 0 unspecified atom stereocenters. The number of phenolic OH excluding ortho intramolecular Hbond substituents is 1. The molecule has 4 aromatic rings. The molecule has 1 N–H and O–H groups in total. The molecule has 0 amide bonds. The molecule has 5 heteroatoms. The number of nitrogens with zero attached hydrogens (tertiary/aromatic N) is 2. The molecule has 160 valence electrons. The zero-order valence-corrected chi connectivity index (χ0v) is 19.7. The first kappa shape index (κ1) is 22.1. The summed E-state index contributed by atoms with van der Waals surface area (Å²) in [4.78, 5) is 8.23. The van der Waals surface area contributed by atoms with Crippen molar-refractivity contribution in [2.45, 2.75) is 16.7 Å². The summed E-state index contributed by atoms with van der Waals surface area (Å²) in [5, 5.41) is 10.6. The highest BCUT2D eigenvalue weighted by molar-refractivity contribution is 8.14. The van der Waals surface area contributed by atoms with Crippen LogP contribution in [-0.2, 0) is 7.05 Å². The summed E-state index contributed by atoms with van der Waals surface area (Å²) in [5.74, 6) is 1.11. The third-order valence-electron chi connectivity index (χ3n) is 4.92. The van der Waals surface area contributed by atoms with Crippen LogP contribution in [0.25, 0.3) is 16.2 Å².